The molecule has 1 aliphatic carbocycles. The zero-order valence-corrected chi connectivity index (χ0v) is 13.8. The summed E-state index contributed by atoms with van der Waals surface area (Å²) in [7, 11) is 0. The van der Waals surface area contributed by atoms with Gasteiger partial charge in [0.25, 0.3) is 5.91 Å². The van der Waals surface area contributed by atoms with E-state index in [2.05, 4.69) is 40.9 Å². The summed E-state index contributed by atoms with van der Waals surface area (Å²) in [6.07, 6.45) is 4.73. The van der Waals surface area contributed by atoms with Crippen molar-refractivity contribution in [3.8, 4) is 6.07 Å². The van der Waals surface area contributed by atoms with Crippen molar-refractivity contribution in [1.82, 2.24) is 5.32 Å². The Hall–Kier alpha value is -1.09. The summed E-state index contributed by atoms with van der Waals surface area (Å²) in [5.74, 6) is 0.560. The van der Waals surface area contributed by atoms with Gasteiger partial charge in [-0.1, -0.05) is 13.3 Å². The Balaban J connectivity index is 2.05. The van der Waals surface area contributed by atoms with Crippen LogP contribution in [0.25, 0.3) is 0 Å². The maximum absolute atomic E-state index is 12.3. The summed E-state index contributed by atoms with van der Waals surface area (Å²) in [6.45, 7) is 2.19. The van der Waals surface area contributed by atoms with Crippen LogP contribution >= 0.6 is 22.6 Å². The highest BCUT2D eigenvalue weighted by Gasteiger charge is 2.36. The van der Waals surface area contributed by atoms with Gasteiger partial charge in [-0.3, -0.25) is 4.79 Å². The molecule has 0 bridgehead atoms. The molecule has 0 atom stereocenters. The maximum Gasteiger partial charge on any atom is 0.252 e. The third-order valence-corrected chi connectivity index (χ3v) is 4.93. The number of nitrogens with zero attached hydrogens (tertiary/aromatic N) is 1. The van der Waals surface area contributed by atoms with Crippen LogP contribution < -0.4 is 5.32 Å². The number of carbonyl (C=O) groups excluding carboxylic acids is 1. The lowest BCUT2D eigenvalue weighted by molar-refractivity contribution is 0.0891. The molecule has 3 nitrogen and oxygen atoms in total. The summed E-state index contributed by atoms with van der Waals surface area (Å²) in [5.41, 5.74) is -0.0520. The van der Waals surface area contributed by atoms with Crippen molar-refractivity contribution in [2.75, 3.05) is 0 Å². The molecule has 4 heteroatoms. The standard InChI is InChI=1S/C16H19IN2O/c1-2-12-7-9-16(11-18,10-8-12)19-15(20)13-3-5-14(17)6-4-13/h3-6,12H,2,7-10H2,1H3,(H,19,20). The molecule has 0 aliphatic heterocycles. The first kappa shape index (κ1) is 15.3. The van der Waals surface area contributed by atoms with E-state index in [4.69, 9.17) is 0 Å². The van der Waals surface area contributed by atoms with E-state index < -0.39 is 5.54 Å². The number of rotatable bonds is 3. The largest absolute Gasteiger partial charge is 0.334 e. The van der Waals surface area contributed by atoms with Crippen molar-refractivity contribution in [2.45, 2.75) is 44.6 Å². The van der Waals surface area contributed by atoms with Crippen LogP contribution in [0.15, 0.2) is 24.3 Å². The first-order valence-electron chi connectivity index (χ1n) is 7.08. The Labute approximate surface area is 133 Å². The van der Waals surface area contributed by atoms with Crippen LogP contribution in [0.5, 0.6) is 0 Å². The van der Waals surface area contributed by atoms with Gasteiger partial charge in [-0.05, 0) is 78.5 Å². The van der Waals surface area contributed by atoms with Crippen LogP contribution in [0.1, 0.15) is 49.4 Å². The predicted octanol–water partition coefficient (Wildman–Crippen LogP) is 3.88. The van der Waals surface area contributed by atoms with Crippen LogP contribution in [0.3, 0.4) is 0 Å². The van der Waals surface area contributed by atoms with Crippen LogP contribution in [-0.2, 0) is 0 Å². The average Bonchev–Trinajstić information content (AvgIpc) is 2.48. The lowest BCUT2D eigenvalue weighted by Gasteiger charge is -2.35. The molecule has 1 amide bonds. The van der Waals surface area contributed by atoms with Gasteiger partial charge < -0.3 is 5.32 Å². The van der Waals surface area contributed by atoms with Gasteiger partial charge in [0.2, 0.25) is 0 Å². The van der Waals surface area contributed by atoms with Crippen molar-refractivity contribution in [3.05, 3.63) is 33.4 Å². The van der Waals surface area contributed by atoms with Gasteiger partial charge in [0.15, 0.2) is 0 Å². The molecule has 0 spiro atoms. The van der Waals surface area contributed by atoms with Crippen molar-refractivity contribution in [1.29, 1.82) is 5.26 Å². The molecule has 1 fully saturated rings. The molecule has 0 unspecified atom stereocenters. The number of hydrogen-bond acceptors (Lipinski definition) is 2. The first-order valence-corrected chi connectivity index (χ1v) is 8.16. The van der Waals surface area contributed by atoms with E-state index in [-0.39, 0.29) is 5.91 Å². The molecule has 0 heterocycles. The van der Waals surface area contributed by atoms with Gasteiger partial charge in [-0.15, -0.1) is 0 Å². The Morgan fingerprint density at radius 3 is 2.50 bits per heavy atom. The molecule has 0 aromatic heterocycles. The number of nitriles is 1. The molecule has 0 radical (unpaired) electrons. The number of hydrogen-bond donors (Lipinski definition) is 1. The van der Waals surface area contributed by atoms with E-state index in [1.165, 1.54) is 0 Å². The zero-order chi connectivity index (χ0) is 14.6. The summed E-state index contributed by atoms with van der Waals surface area (Å²) in [6, 6.07) is 9.76. The molecule has 1 aromatic rings. The van der Waals surface area contributed by atoms with E-state index in [1.54, 1.807) is 12.1 Å². The second-order valence-corrected chi connectivity index (χ2v) is 6.75. The Morgan fingerprint density at radius 2 is 2.00 bits per heavy atom. The van der Waals surface area contributed by atoms with Gasteiger partial charge in [0.05, 0.1) is 6.07 Å². The Morgan fingerprint density at radius 1 is 1.40 bits per heavy atom. The molecule has 1 aromatic carbocycles. The van der Waals surface area contributed by atoms with E-state index in [9.17, 15) is 10.1 Å². The van der Waals surface area contributed by atoms with Gasteiger partial charge in [0, 0.05) is 9.13 Å². The van der Waals surface area contributed by atoms with Crippen LogP contribution in [-0.4, -0.2) is 11.4 Å². The lowest BCUT2D eigenvalue weighted by Crippen LogP contribution is -2.49. The minimum atomic E-state index is -0.675. The number of halogens is 1. The normalized spacial score (nSPS) is 25.8. The fourth-order valence-corrected chi connectivity index (χ4v) is 3.09. The topological polar surface area (TPSA) is 52.9 Å². The predicted molar refractivity (Wildman–Crippen MR) is 87.2 cm³/mol. The minimum Gasteiger partial charge on any atom is -0.334 e. The lowest BCUT2D eigenvalue weighted by atomic mass is 9.76. The van der Waals surface area contributed by atoms with Gasteiger partial charge in [-0.2, -0.15) is 5.26 Å². The highest BCUT2D eigenvalue weighted by atomic mass is 127. The van der Waals surface area contributed by atoms with E-state index >= 15 is 0 Å². The summed E-state index contributed by atoms with van der Waals surface area (Å²) in [4.78, 5) is 12.3. The molecule has 2 rings (SSSR count). The molecule has 1 saturated carbocycles. The van der Waals surface area contributed by atoms with Gasteiger partial charge in [0.1, 0.15) is 5.54 Å². The fourth-order valence-electron chi connectivity index (χ4n) is 2.73. The molecule has 0 saturated heterocycles. The van der Waals surface area contributed by atoms with Crippen LogP contribution in [0, 0.1) is 20.8 Å². The highest BCUT2D eigenvalue weighted by molar-refractivity contribution is 14.1. The van der Waals surface area contributed by atoms with Crippen LogP contribution in [0.4, 0.5) is 0 Å². The van der Waals surface area contributed by atoms with Crippen molar-refractivity contribution in [2.24, 2.45) is 5.92 Å². The van der Waals surface area contributed by atoms with Gasteiger partial charge in [-0.25, -0.2) is 0 Å². The number of benzene rings is 1. The average molecular weight is 382 g/mol. The molecular formula is C16H19IN2O. The van der Waals surface area contributed by atoms with Crippen molar-refractivity contribution < 1.29 is 4.79 Å². The van der Waals surface area contributed by atoms with Crippen molar-refractivity contribution in [3.63, 3.8) is 0 Å². The van der Waals surface area contributed by atoms with E-state index in [0.29, 0.717) is 11.5 Å². The summed E-state index contributed by atoms with van der Waals surface area (Å²) < 4.78 is 1.10. The Kier molecular flexibility index (Phi) is 5.03. The molecule has 20 heavy (non-hydrogen) atoms. The monoisotopic (exact) mass is 382 g/mol. The molecular weight excluding hydrogens is 363 g/mol. The zero-order valence-electron chi connectivity index (χ0n) is 11.7. The summed E-state index contributed by atoms with van der Waals surface area (Å²) in [5, 5.41) is 12.4. The van der Waals surface area contributed by atoms with Crippen molar-refractivity contribution >= 4 is 28.5 Å². The molecule has 106 valence electrons. The quantitative estimate of drug-likeness (QED) is 0.807. The maximum atomic E-state index is 12.3. The third kappa shape index (κ3) is 3.51. The number of nitrogens with one attached hydrogen (secondary N) is 1. The fraction of sp³-hybridized carbons (Fsp3) is 0.500. The Bertz CT molecular complexity index is 510. The van der Waals surface area contributed by atoms with Crippen LogP contribution in [0.2, 0.25) is 0 Å². The number of carbonyl (C=O) groups is 1. The van der Waals surface area contributed by atoms with E-state index in [1.807, 2.05) is 12.1 Å². The summed E-state index contributed by atoms with van der Waals surface area (Å²) >= 11 is 2.21. The minimum absolute atomic E-state index is 0.141. The van der Waals surface area contributed by atoms with E-state index in [0.717, 1.165) is 35.7 Å². The first-order chi connectivity index (χ1) is 9.58. The third-order valence-electron chi connectivity index (χ3n) is 4.21. The second-order valence-electron chi connectivity index (χ2n) is 5.51. The number of amides is 1. The second kappa shape index (κ2) is 6.57. The SMILES string of the molecule is CCC1CCC(C#N)(NC(=O)c2ccc(I)cc2)CC1. The smallest absolute Gasteiger partial charge is 0.252 e. The molecule has 1 aliphatic rings. The van der Waals surface area contributed by atoms with Gasteiger partial charge >= 0.3 is 0 Å². The molecule has 1 N–H and O–H groups in total. The highest BCUT2D eigenvalue weighted by Crippen LogP contribution is 2.33.